The molecule has 1 aromatic heterocycles. The molecule has 0 saturated carbocycles. The standard InChI is InChI=1S/C14H23N3O2/c1-4-7-10-17(5-2)13-12(15)11(8-9-16-13)14(18)19-6-3/h8-9H,4-7,10,15H2,1-3H3. The van der Waals surface area contributed by atoms with Crippen molar-refractivity contribution in [1.29, 1.82) is 0 Å². The zero-order valence-electron chi connectivity index (χ0n) is 12.0. The Hall–Kier alpha value is -1.78. The molecule has 0 aliphatic rings. The smallest absolute Gasteiger partial charge is 0.340 e. The number of hydrogen-bond acceptors (Lipinski definition) is 5. The summed E-state index contributed by atoms with van der Waals surface area (Å²) >= 11 is 0. The van der Waals surface area contributed by atoms with Crippen molar-refractivity contribution in [2.24, 2.45) is 0 Å². The van der Waals surface area contributed by atoms with Crippen LogP contribution < -0.4 is 10.6 Å². The van der Waals surface area contributed by atoms with Crippen molar-refractivity contribution in [3.05, 3.63) is 17.8 Å². The van der Waals surface area contributed by atoms with Gasteiger partial charge in [0.15, 0.2) is 5.82 Å². The second-order valence-electron chi connectivity index (χ2n) is 4.25. The Balaban J connectivity index is 3.01. The number of aromatic nitrogens is 1. The molecule has 0 aromatic carbocycles. The molecule has 1 heterocycles. The van der Waals surface area contributed by atoms with E-state index in [1.54, 1.807) is 19.2 Å². The number of rotatable bonds is 7. The molecule has 0 unspecified atom stereocenters. The summed E-state index contributed by atoms with van der Waals surface area (Å²) < 4.78 is 4.99. The summed E-state index contributed by atoms with van der Waals surface area (Å²) in [4.78, 5) is 18.2. The molecule has 0 fully saturated rings. The van der Waals surface area contributed by atoms with E-state index in [4.69, 9.17) is 10.5 Å². The maximum absolute atomic E-state index is 11.8. The molecule has 0 amide bonds. The van der Waals surface area contributed by atoms with Crippen LogP contribution in [0.4, 0.5) is 11.5 Å². The van der Waals surface area contributed by atoms with E-state index in [1.807, 2.05) is 6.92 Å². The number of hydrogen-bond donors (Lipinski definition) is 1. The number of carbonyl (C=O) groups is 1. The summed E-state index contributed by atoms with van der Waals surface area (Å²) in [5.74, 6) is 0.275. The molecule has 106 valence electrons. The summed E-state index contributed by atoms with van der Waals surface area (Å²) in [5.41, 5.74) is 6.85. The van der Waals surface area contributed by atoms with Crippen molar-refractivity contribution < 1.29 is 9.53 Å². The van der Waals surface area contributed by atoms with Gasteiger partial charge in [0.2, 0.25) is 0 Å². The van der Waals surface area contributed by atoms with Crippen molar-refractivity contribution in [2.75, 3.05) is 30.3 Å². The highest BCUT2D eigenvalue weighted by molar-refractivity contribution is 5.97. The number of nitrogens with zero attached hydrogens (tertiary/aromatic N) is 2. The van der Waals surface area contributed by atoms with Crippen LogP contribution in [0.2, 0.25) is 0 Å². The van der Waals surface area contributed by atoms with Gasteiger partial charge in [-0.1, -0.05) is 13.3 Å². The molecule has 0 radical (unpaired) electrons. The van der Waals surface area contributed by atoms with Crippen LogP contribution in [-0.4, -0.2) is 30.6 Å². The summed E-state index contributed by atoms with van der Waals surface area (Å²) in [6.07, 6.45) is 3.78. The van der Waals surface area contributed by atoms with Gasteiger partial charge in [-0.2, -0.15) is 0 Å². The second-order valence-corrected chi connectivity index (χ2v) is 4.25. The first kappa shape index (κ1) is 15.3. The van der Waals surface area contributed by atoms with Crippen LogP contribution in [0.1, 0.15) is 44.0 Å². The largest absolute Gasteiger partial charge is 0.462 e. The van der Waals surface area contributed by atoms with E-state index in [0.717, 1.165) is 25.9 Å². The molecule has 0 aliphatic heterocycles. The van der Waals surface area contributed by atoms with Crippen molar-refractivity contribution in [1.82, 2.24) is 4.98 Å². The molecule has 19 heavy (non-hydrogen) atoms. The number of carbonyl (C=O) groups excluding carboxylic acids is 1. The Kier molecular flexibility index (Phi) is 6.12. The number of unbranched alkanes of at least 4 members (excludes halogenated alkanes) is 1. The lowest BCUT2D eigenvalue weighted by molar-refractivity contribution is 0.0527. The SMILES string of the molecule is CCCCN(CC)c1nccc(C(=O)OCC)c1N. The van der Waals surface area contributed by atoms with Crippen molar-refractivity contribution in [3.8, 4) is 0 Å². The summed E-state index contributed by atoms with van der Waals surface area (Å²) in [6.45, 7) is 7.99. The fourth-order valence-corrected chi connectivity index (χ4v) is 1.86. The molecule has 5 nitrogen and oxygen atoms in total. The Bertz CT molecular complexity index is 421. The number of ether oxygens (including phenoxy) is 1. The minimum atomic E-state index is -0.393. The Morgan fingerprint density at radius 2 is 2.16 bits per heavy atom. The average Bonchev–Trinajstić information content (AvgIpc) is 2.41. The first-order chi connectivity index (χ1) is 9.15. The van der Waals surface area contributed by atoms with Gasteiger partial charge in [0.1, 0.15) is 0 Å². The Labute approximate surface area is 114 Å². The quantitative estimate of drug-likeness (QED) is 0.767. The zero-order valence-corrected chi connectivity index (χ0v) is 12.0. The van der Waals surface area contributed by atoms with E-state index >= 15 is 0 Å². The van der Waals surface area contributed by atoms with E-state index in [-0.39, 0.29) is 0 Å². The van der Waals surface area contributed by atoms with Crippen LogP contribution in [0.3, 0.4) is 0 Å². The maximum Gasteiger partial charge on any atom is 0.340 e. The molecule has 0 saturated heterocycles. The lowest BCUT2D eigenvalue weighted by Gasteiger charge is -2.23. The van der Waals surface area contributed by atoms with E-state index in [0.29, 0.717) is 23.7 Å². The van der Waals surface area contributed by atoms with Crippen LogP contribution in [-0.2, 0) is 4.74 Å². The zero-order chi connectivity index (χ0) is 14.3. The van der Waals surface area contributed by atoms with Gasteiger partial charge in [-0.3, -0.25) is 0 Å². The summed E-state index contributed by atoms with van der Waals surface area (Å²) in [5, 5.41) is 0. The molecule has 1 rings (SSSR count). The molecule has 0 bridgehead atoms. The van der Waals surface area contributed by atoms with Crippen LogP contribution in [0.25, 0.3) is 0 Å². The monoisotopic (exact) mass is 265 g/mol. The number of nitrogens with two attached hydrogens (primary N) is 1. The topological polar surface area (TPSA) is 68.5 Å². The molecule has 0 atom stereocenters. The minimum Gasteiger partial charge on any atom is -0.462 e. The number of pyridine rings is 1. The average molecular weight is 265 g/mol. The summed E-state index contributed by atoms with van der Waals surface area (Å²) in [6, 6.07) is 1.60. The molecule has 0 aliphatic carbocycles. The van der Waals surface area contributed by atoms with Crippen LogP contribution in [0.5, 0.6) is 0 Å². The van der Waals surface area contributed by atoms with Gasteiger partial charge in [0, 0.05) is 19.3 Å². The number of nitrogen functional groups attached to an aromatic ring is 1. The van der Waals surface area contributed by atoms with Gasteiger partial charge in [0.05, 0.1) is 17.9 Å². The van der Waals surface area contributed by atoms with Crippen molar-refractivity contribution in [3.63, 3.8) is 0 Å². The van der Waals surface area contributed by atoms with Crippen molar-refractivity contribution in [2.45, 2.75) is 33.6 Å². The van der Waals surface area contributed by atoms with Crippen LogP contribution in [0.15, 0.2) is 12.3 Å². The van der Waals surface area contributed by atoms with E-state index in [9.17, 15) is 4.79 Å². The number of esters is 1. The van der Waals surface area contributed by atoms with E-state index in [2.05, 4.69) is 16.8 Å². The fraction of sp³-hybridized carbons (Fsp3) is 0.571. The fourth-order valence-electron chi connectivity index (χ4n) is 1.86. The van der Waals surface area contributed by atoms with Gasteiger partial charge in [-0.05, 0) is 26.3 Å². The highest BCUT2D eigenvalue weighted by Crippen LogP contribution is 2.24. The lowest BCUT2D eigenvalue weighted by Crippen LogP contribution is -2.26. The minimum absolute atomic E-state index is 0.337. The van der Waals surface area contributed by atoms with Gasteiger partial charge in [-0.25, -0.2) is 9.78 Å². The molecule has 0 spiro atoms. The van der Waals surface area contributed by atoms with Gasteiger partial charge in [-0.15, -0.1) is 0 Å². The molecule has 5 heteroatoms. The van der Waals surface area contributed by atoms with Crippen molar-refractivity contribution >= 4 is 17.5 Å². The normalized spacial score (nSPS) is 10.3. The van der Waals surface area contributed by atoms with Crippen LogP contribution in [0, 0.1) is 0 Å². The van der Waals surface area contributed by atoms with Crippen LogP contribution >= 0.6 is 0 Å². The number of anilines is 2. The Morgan fingerprint density at radius 1 is 1.42 bits per heavy atom. The third-order valence-electron chi connectivity index (χ3n) is 2.93. The predicted molar refractivity (Wildman–Crippen MR) is 77.4 cm³/mol. The first-order valence-electron chi connectivity index (χ1n) is 6.82. The summed E-state index contributed by atoms with van der Waals surface area (Å²) in [7, 11) is 0. The van der Waals surface area contributed by atoms with Gasteiger partial charge < -0.3 is 15.4 Å². The first-order valence-corrected chi connectivity index (χ1v) is 6.82. The Morgan fingerprint density at radius 3 is 2.74 bits per heavy atom. The highest BCUT2D eigenvalue weighted by Gasteiger charge is 2.17. The van der Waals surface area contributed by atoms with E-state index in [1.165, 1.54) is 0 Å². The second kappa shape index (κ2) is 7.61. The molecule has 2 N–H and O–H groups in total. The molecular formula is C14H23N3O2. The predicted octanol–water partition coefficient (Wildman–Crippen LogP) is 2.47. The maximum atomic E-state index is 11.8. The highest BCUT2D eigenvalue weighted by atomic mass is 16.5. The lowest BCUT2D eigenvalue weighted by atomic mass is 10.2. The van der Waals surface area contributed by atoms with Gasteiger partial charge >= 0.3 is 5.97 Å². The van der Waals surface area contributed by atoms with E-state index < -0.39 is 5.97 Å². The third kappa shape index (κ3) is 3.84. The van der Waals surface area contributed by atoms with Gasteiger partial charge in [0.25, 0.3) is 0 Å². The molecular weight excluding hydrogens is 242 g/mol. The molecule has 1 aromatic rings. The third-order valence-corrected chi connectivity index (χ3v) is 2.93.